The van der Waals surface area contributed by atoms with Crippen LogP contribution in [0.15, 0.2) is 24.3 Å². The molecule has 20 heavy (non-hydrogen) atoms. The zero-order chi connectivity index (χ0) is 15.4. The highest BCUT2D eigenvalue weighted by atomic mass is 32.3. The Bertz CT molecular complexity index is 677. The van der Waals surface area contributed by atoms with Gasteiger partial charge in [-0.15, -0.1) is 0 Å². The third kappa shape index (κ3) is 6.38. The van der Waals surface area contributed by atoms with E-state index in [2.05, 4.69) is 4.72 Å². The number of hydrogen-bond acceptors (Lipinski definition) is 6. The monoisotopic (exact) mass is 323 g/mol. The highest BCUT2D eigenvalue weighted by molar-refractivity contribution is 8.08. The molecule has 0 aliphatic rings. The van der Waals surface area contributed by atoms with E-state index in [0.717, 1.165) is 6.26 Å². The molecule has 0 saturated heterocycles. The number of nitrogens with one attached hydrogen (secondary N) is 1. The molecule has 10 heteroatoms. The lowest BCUT2D eigenvalue weighted by atomic mass is 10.3. The van der Waals surface area contributed by atoms with Gasteiger partial charge in [0.2, 0.25) is 10.0 Å². The summed E-state index contributed by atoms with van der Waals surface area (Å²) in [6.45, 7) is -0.515. The summed E-state index contributed by atoms with van der Waals surface area (Å²) in [6, 6.07) is 5.39. The van der Waals surface area contributed by atoms with E-state index >= 15 is 0 Å². The molecule has 0 heterocycles. The number of carboxylic acids is 1. The first-order valence-electron chi connectivity index (χ1n) is 5.20. The van der Waals surface area contributed by atoms with Gasteiger partial charge in [-0.2, -0.15) is 0 Å². The summed E-state index contributed by atoms with van der Waals surface area (Å²) in [4.78, 5) is 10.3. The van der Waals surface area contributed by atoms with Crippen LogP contribution in [0, 0.1) is 0 Å². The fourth-order valence-electron chi connectivity index (χ4n) is 1.26. The van der Waals surface area contributed by atoms with E-state index in [1.165, 1.54) is 24.3 Å². The Hall–Kier alpha value is -1.81. The standard InChI is InChI=1S/C10H13NO7S2/c1-19(14,15)7-20(16,17)11-8-2-4-9(5-3-8)18-6-10(12)13/h2-5,11H,6-7H2,1H3,(H,12,13). The highest BCUT2D eigenvalue weighted by Crippen LogP contribution is 2.17. The number of ether oxygens (including phenoxy) is 1. The lowest BCUT2D eigenvalue weighted by Crippen LogP contribution is -2.22. The summed E-state index contributed by atoms with van der Waals surface area (Å²) < 4.78 is 51.9. The second kappa shape index (κ2) is 6.09. The molecule has 1 aromatic rings. The third-order valence-corrected chi connectivity index (χ3v) is 5.36. The summed E-state index contributed by atoms with van der Waals surface area (Å²) >= 11 is 0. The minimum atomic E-state index is -4.00. The average Bonchev–Trinajstić information content (AvgIpc) is 2.24. The maximum Gasteiger partial charge on any atom is 0.341 e. The molecular weight excluding hydrogens is 310 g/mol. The van der Waals surface area contributed by atoms with E-state index in [1.54, 1.807) is 0 Å². The first-order chi connectivity index (χ1) is 9.07. The fourth-order valence-corrected chi connectivity index (χ4v) is 4.24. The van der Waals surface area contributed by atoms with Crippen molar-refractivity contribution in [2.45, 2.75) is 0 Å². The van der Waals surface area contributed by atoms with Crippen molar-refractivity contribution < 1.29 is 31.5 Å². The van der Waals surface area contributed by atoms with Crippen LogP contribution in [0.2, 0.25) is 0 Å². The maximum absolute atomic E-state index is 11.5. The van der Waals surface area contributed by atoms with Crippen LogP contribution in [0.3, 0.4) is 0 Å². The van der Waals surface area contributed by atoms with E-state index < -0.39 is 37.5 Å². The van der Waals surface area contributed by atoms with Gasteiger partial charge in [-0.05, 0) is 24.3 Å². The molecule has 2 N–H and O–H groups in total. The molecule has 0 radical (unpaired) electrons. The number of hydrogen-bond donors (Lipinski definition) is 2. The Morgan fingerprint density at radius 1 is 1.20 bits per heavy atom. The summed E-state index contributed by atoms with van der Waals surface area (Å²) in [5.41, 5.74) is 0.149. The predicted molar refractivity (Wildman–Crippen MR) is 71.8 cm³/mol. The second-order valence-electron chi connectivity index (χ2n) is 3.97. The molecule has 0 atom stereocenters. The SMILES string of the molecule is CS(=O)(=O)CS(=O)(=O)Nc1ccc(OCC(=O)O)cc1. The van der Waals surface area contributed by atoms with E-state index in [1.807, 2.05) is 0 Å². The third-order valence-electron chi connectivity index (χ3n) is 1.86. The Morgan fingerprint density at radius 2 is 1.75 bits per heavy atom. The van der Waals surface area contributed by atoms with Gasteiger partial charge in [0, 0.05) is 11.9 Å². The summed E-state index contributed by atoms with van der Waals surface area (Å²) in [6.07, 6.45) is 0.815. The number of anilines is 1. The molecule has 0 aliphatic carbocycles. The quantitative estimate of drug-likeness (QED) is 0.717. The molecule has 0 fully saturated rings. The average molecular weight is 323 g/mol. The van der Waals surface area contributed by atoms with Gasteiger partial charge in [0.25, 0.3) is 0 Å². The molecule has 0 unspecified atom stereocenters. The number of sulfonamides is 1. The number of aliphatic carboxylic acids is 1. The second-order valence-corrected chi connectivity index (χ2v) is 8.20. The largest absolute Gasteiger partial charge is 0.482 e. The van der Waals surface area contributed by atoms with Crippen LogP contribution in [0.25, 0.3) is 0 Å². The van der Waals surface area contributed by atoms with Crippen LogP contribution in [-0.4, -0.2) is 45.9 Å². The van der Waals surface area contributed by atoms with Gasteiger partial charge in [0.1, 0.15) is 5.75 Å². The fraction of sp³-hybridized carbons (Fsp3) is 0.300. The van der Waals surface area contributed by atoms with Gasteiger partial charge in [-0.25, -0.2) is 21.6 Å². The van der Waals surface area contributed by atoms with E-state index in [0.29, 0.717) is 0 Å². The van der Waals surface area contributed by atoms with Gasteiger partial charge in [-0.1, -0.05) is 0 Å². The van der Waals surface area contributed by atoms with E-state index in [9.17, 15) is 21.6 Å². The first-order valence-corrected chi connectivity index (χ1v) is 8.91. The number of carbonyl (C=O) groups is 1. The minimum Gasteiger partial charge on any atom is -0.482 e. The molecule has 0 aliphatic heterocycles. The van der Waals surface area contributed by atoms with Crippen molar-refractivity contribution in [3.8, 4) is 5.75 Å². The van der Waals surface area contributed by atoms with Gasteiger partial charge >= 0.3 is 5.97 Å². The highest BCUT2D eigenvalue weighted by Gasteiger charge is 2.17. The van der Waals surface area contributed by atoms with Gasteiger partial charge < -0.3 is 9.84 Å². The summed E-state index contributed by atoms with van der Waals surface area (Å²) in [7, 11) is -7.67. The Kier molecular flexibility index (Phi) is 4.95. The van der Waals surface area contributed by atoms with Crippen molar-refractivity contribution in [1.82, 2.24) is 0 Å². The van der Waals surface area contributed by atoms with Crippen LogP contribution < -0.4 is 9.46 Å². The Morgan fingerprint density at radius 3 is 2.20 bits per heavy atom. The van der Waals surface area contributed by atoms with Crippen LogP contribution in [0.1, 0.15) is 0 Å². The molecule has 0 amide bonds. The molecule has 8 nitrogen and oxygen atoms in total. The summed E-state index contributed by atoms with van der Waals surface area (Å²) in [5, 5.41) is 7.40. The topological polar surface area (TPSA) is 127 Å². The Balaban J connectivity index is 2.72. The molecule has 1 aromatic carbocycles. The van der Waals surface area contributed by atoms with Crippen molar-refractivity contribution >= 4 is 31.5 Å². The number of sulfone groups is 1. The predicted octanol–water partition coefficient (Wildman–Crippen LogP) is -0.106. The maximum atomic E-state index is 11.5. The van der Waals surface area contributed by atoms with Crippen molar-refractivity contribution in [2.24, 2.45) is 0 Å². The molecule has 0 aromatic heterocycles. The van der Waals surface area contributed by atoms with Crippen LogP contribution >= 0.6 is 0 Å². The van der Waals surface area contributed by atoms with Crippen molar-refractivity contribution in [3.63, 3.8) is 0 Å². The minimum absolute atomic E-state index is 0.149. The molecule has 112 valence electrons. The molecule has 0 spiro atoms. The first kappa shape index (κ1) is 16.2. The van der Waals surface area contributed by atoms with Crippen molar-refractivity contribution in [3.05, 3.63) is 24.3 Å². The lowest BCUT2D eigenvalue weighted by molar-refractivity contribution is -0.139. The van der Waals surface area contributed by atoms with Crippen molar-refractivity contribution in [2.75, 3.05) is 22.7 Å². The van der Waals surface area contributed by atoms with Crippen LogP contribution in [-0.2, 0) is 24.7 Å². The molecular formula is C10H13NO7S2. The zero-order valence-electron chi connectivity index (χ0n) is 10.4. The number of rotatable bonds is 7. The normalized spacial score (nSPS) is 11.8. The number of benzene rings is 1. The number of carboxylic acid groups (broad SMARTS) is 1. The van der Waals surface area contributed by atoms with E-state index in [-0.39, 0.29) is 11.4 Å². The summed E-state index contributed by atoms with van der Waals surface area (Å²) in [5.74, 6) is -0.888. The van der Waals surface area contributed by atoms with Crippen molar-refractivity contribution in [1.29, 1.82) is 0 Å². The lowest BCUT2D eigenvalue weighted by Gasteiger charge is -2.08. The smallest absolute Gasteiger partial charge is 0.341 e. The van der Waals surface area contributed by atoms with E-state index in [4.69, 9.17) is 9.84 Å². The van der Waals surface area contributed by atoms with Crippen LogP contribution in [0.5, 0.6) is 5.75 Å². The Labute approximate surface area is 116 Å². The molecule has 0 bridgehead atoms. The molecule has 1 rings (SSSR count). The van der Waals surface area contributed by atoms with Gasteiger partial charge in [0.05, 0.1) is 0 Å². The van der Waals surface area contributed by atoms with Gasteiger partial charge in [0.15, 0.2) is 21.5 Å². The van der Waals surface area contributed by atoms with Crippen LogP contribution in [0.4, 0.5) is 5.69 Å². The van der Waals surface area contributed by atoms with Gasteiger partial charge in [-0.3, -0.25) is 4.72 Å². The molecule has 0 saturated carbocycles. The zero-order valence-corrected chi connectivity index (χ0v) is 12.1.